The van der Waals surface area contributed by atoms with E-state index < -0.39 is 16.0 Å². The number of benzene rings is 1. The molecule has 1 aliphatic heterocycles. The van der Waals surface area contributed by atoms with Crippen LogP contribution in [-0.4, -0.2) is 44.9 Å². The summed E-state index contributed by atoms with van der Waals surface area (Å²) in [6.45, 7) is 2.63. The number of carbonyl (C=O) groups is 1. The number of esters is 1. The monoisotopic (exact) mass is 374 g/mol. The number of carbonyl (C=O) groups excluding carboxylic acids is 1. The van der Waals surface area contributed by atoms with E-state index in [0.29, 0.717) is 24.6 Å². The molecule has 1 saturated heterocycles. The number of nitrogens with zero attached hydrogens (tertiary/aromatic N) is 1. The van der Waals surface area contributed by atoms with Crippen LogP contribution in [-0.2, 0) is 14.8 Å². The van der Waals surface area contributed by atoms with Crippen molar-refractivity contribution in [2.45, 2.75) is 30.7 Å². The van der Waals surface area contributed by atoms with Gasteiger partial charge in [0.1, 0.15) is 0 Å². The SMILES string of the molecule is COC(=O)c1cccc(S(=O)(=O)N2CC3CCC(N)C3C2)c1C.Cl. The lowest BCUT2D eigenvalue weighted by Gasteiger charge is -2.20. The van der Waals surface area contributed by atoms with Crippen LogP contribution in [0.2, 0.25) is 0 Å². The van der Waals surface area contributed by atoms with Gasteiger partial charge in [0.15, 0.2) is 0 Å². The van der Waals surface area contributed by atoms with E-state index in [1.54, 1.807) is 25.1 Å². The molecule has 1 heterocycles. The van der Waals surface area contributed by atoms with Crippen LogP contribution in [0, 0.1) is 18.8 Å². The van der Waals surface area contributed by atoms with Crippen LogP contribution < -0.4 is 5.73 Å². The van der Waals surface area contributed by atoms with Gasteiger partial charge in [-0.25, -0.2) is 13.2 Å². The van der Waals surface area contributed by atoms with Crippen LogP contribution in [0.4, 0.5) is 0 Å². The predicted octanol–water partition coefficient (Wildman–Crippen LogP) is 1.56. The van der Waals surface area contributed by atoms with E-state index in [9.17, 15) is 13.2 Å². The Morgan fingerprint density at radius 3 is 2.62 bits per heavy atom. The zero-order valence-corrected chi connectivity index (χ0v) is 15.4. The van der Waals surface area contributed by atoms with Crippen LogP contribution in [0.1, 0.15) is 28.8 Å². The molecule has 6 nitrogen and oxygen atoms in total. The van der Waals surface area contributed by atoms with Gasteiger partial charge in [0.25, 0.3) is 0 Å². The molecule has 2 aliphatic rings. The van der Waals surface area contributed by atoms with E-state index in [-0.39, 0.29) is 34.8 Å². The standard InChI is InChI=1S/C16H22N2O4S.ClH/c1-10-12(16(19)22-2)4-3-5-15(10)23(20,21)18-8-11-6-7-14(17)13(11)9-18;/h3-5,11,13-14H,6-9,17H2,1-2H3;1H. The van der Waals surface area contributed by atoms with Gasteiger partial charge in [-0.05, 0) is 49.3 Å². The Balaban J connectivity index is 0.00000208. The minimum atomic E-state index is -3.63. The largest absolute Gasteiger partial charge is 0.465 e. The van der Waals surface area contributed by atoms with E-state index in [4.69, 9.17) is 10.5 Å². The molecule has 0 spiro atoms. The summed E-state index contributed by atoms with van der Waals surface area (Å²) in [5, 5.41) is 0. The zero-order valence-electron chi connectivity index (χ0n) is 13.8. The maximum atomic E-state index is 13.0. The summed E-state index contributed by atoms with van der Waals surface area (Å²) in [6.07, 6.45) is 1.96. The Kier molecular flexibility index (Phi) is 5.59. The van der Waals surface area contributed by atoms with Gasteiger partial charge in [0.2, 0.25) is 10.0 Å². The number of nitrogens with two attached hydrogens (primary N) is 1. The third kappa shape index (κ3) is 3.06. The van der Waals surface area contributed by atoms with Crippen LogP contribution in [0.15, 0.2) is 23.1 Å². The molecule has 3 atom stereocenters. The molecule has 0 amide bonds. The minimum absolute atomic E-state index is 0. The molecule has 3 rings (SSSR count). The maximum absolute atomic E-state index is 13.0. The van der Waals surface area contributed by atoms with Crippen LogP contribution in [0.25, 0.3) is 0 Å². The lowest BCUT2D eigenvalue weighted by Crippen LogP contribution is -2.34. The lowest BCUT2D eigenvalue weighted by atomic mass is 9.98. The molecule has 1 aliphatic carbocycles. The molecule has 1 aromatic carbocycles. The highest BCUT2D eigenvalue weighted by Gasteiger charge is 2.45. The Morgan fingerprint density at radius 1 is 1.29 bits per heavy atom. The smallest absolute Gasteiger partial charge is 0.338 e. The fourth-order valence-corrected chi connectivity index (χ4v) is 5.61. The molecule has 2 fully saturated rings. The van der Waals surface area contributed by atoms with E-state index >= 15 is 0 Å². The molecule has 3 unspecified atom stereocenters. The minimum Gasteiger partial charge on any atom is -0.465 e. The highest BCUT2D eigenvalue weighted by atomic mass is 35.5. The van der Waals surface area contributed by atoms with Gasteiger partial charge < -0.3 is 10.5 Å². The Hall–Kier alpha value is -1.15. The summed E-state index contributed by atoms with van der Waals surface area (Å²) in [7, 11) is -2.35. The summed E-state index contributed by atoms with van der Waals surface area (Å²) in [4.78, 5) is 12.0. The van der Waals surface area contributed by atoms with E-state index in [1.807, 2.05) is 0 Å². The van der Waals surface area contributed by atoms with Gasteiger partial charge in [0.05, 0.1) is 17.6 Å². The van der Waals surface area contributed by atoms with Crippen molar-refractivity contribution in [3.8, 4) is 0 Å². The Morgan fingerprint density at radius 2 is 2.00 bits per heavy atom. The molecule has 0 bridgehead atoms. The molecule has 1 aromatic rings. The average Bonchev–Trinajstić information content (AvgIpc) is 3.09. The highest BCUT2D eigenvalue weighted by Crippen LogP contribution is 2.39. The first-order chi connectivity index (χ1) is 10.9. The first kappa shape index (κ1) is 19.2. The molecular formula is C16H23ClN2O4S. The maximum Gasteiger partial charge on any atom is 0.338 e. The summed E-state index contributed by atoms with van der Waals surface area (Å²) in [5.41, 5.74) is 6.81. The first-order valence-corrected chi connectivity index (χ1v) is 9.24. The summed E-state index contributed by atoms with van der Waals surface area (Å²) >= 11 is 0. The third-order valence-corrected chi connectivity index (χ3v) is 7.16. The van der Waals surface area contributed by atoms with Gasteiger partial charge in [-0.1, -0.05) is 6.07 Å². The molecule has 1 saturated carbocycles. The number of hydrogen-bond acceptors (Lipinski definition) is 5. The van der Waals surface area contributed by atoms with Crippen molar-refractivity contribution in [1.82, 2.24) is 4.31 Å². The van der Waals surface area contributed by atoms with Gasteiger partial charge in [0, 0.05) is 19.1 Å². The Labute approximate surface area is 148 Å². The second kappa shape index (κ2) is 7.00. The van der Waals surface area contributed by atoms with Crippen molar-refractivity contribution in [3.63, 3.8) is 0 Å². The van der Waals surface area contributed by atoms with Crippen LogP contribution in [0.3, 0.4) is 0 Å². The number of ether oxygens (including phenoxy) is 1. The fraction of sp³-hybridized carbons (Fsp3) is 0.562. The topological polar surface area (TPSA) is 89.7 Å². The summed E-state index contributed by atoms with van der Waals surface area (Å²) < 4.78 is 32.2. The second-order valence-corrected chi connectivity index (χ2v) is 8.31. The first-order valence-electron chi connectivity index (χ1n) is 7.80. The number of sulfonamides is 1. The molecule has 0 aromatic heterocycles. The summed E-state index contributed by atoms with van der Waals surface area (Å²) in [5.74, 6) is 0.0672. The third-order valence-electron chi connectivity index (χ3n) is 5.19. The van der Waals surface area contributed by atoms with Crippen molar-refractivity contribution >= 4 is 28.4 Å². The number of hydrogen-bond donors (Lipinski definition) is 1. The van der Waals surface area contributed by atoms with Gasteiger partial charge in [-0.2, -0.15) is 4.31 Å². The number of methoxy groups -OCH3 is 1. The molecular weight excluding hydrogens is 352 g/mol. The van der Waals surface area contributed by atoms with Crippen molar-refractivity contribution in [2.24, 2.45) is 17.6 Å². The molecule has 0 radical (unpaired) electrons. The molecule has 8 heteroatoms. The van der Waals surface area contributed by atoms with Crippen molar-refractivity contribution in [2.75, 3.05) is 20.2 Å². The van der Waals surface area contributed by atoms with E-state index in [2.05, 4.69) is 0 Å². The molecule has 2 N–H and O–H groups in total. The van der Waals surface area contributed by atoms with Gasteiger partial charge in [-0.3, -0.25) is 0 Å². The fourth-order valence-electron chi connectivity index (χ4n) is 3.83. The van der Waals surface area contributed by atoms with Gasteiger partial charge >= 0.3 is 5.97 Å². The normalized spacial score (nSPS) is 26.7. The lowest BCUT2D eigenvalue weighted by molar-refractivity contribution is 0.0599. The predicted molar refractivity (Wildman–Crippen MR) is 92.7 cm³/mol. The average molecular weight is 375 g/mol. The second-order valence-electron chi connectivity index (χ2n) is 6.41. The molecule has 24 heavy (non-hydrogen) atoms. The summed E-state index contributed by atoms with van der Waals surface area (Å²) in [6, 6.07) is 4.79. The van der Waals surface area contributed by atoms with Crippen LogP contribution in [0.5, 0.6) is 0 Å². The van der Waals surface area contributed by atoms with E-state index in [0.717, 1.165) is 12.8 Å². The molecule has 134 valence electrons. The number of rotatable bonds is 3. The number of fused-ring (bicyclic) bond motifs is 1. The Bertz CT molecular complexity index is 738. The van der Waals surface area contributed by atoms with Crippen molar-refractivity contribution < 1.29 is 17.9 Å². The zero-order chi connectivity index (χ0) is 16.8. The van der Waals surface area contributed by atoms with Crippen molar-refractivity contribution in [3.05, 3.63) is 29.3 Å². The van der Waals surface area contributed by atoms with E-state index in [1.165, 1.54) is 11.4 Å². The number of halogens is 1. The highest BCUT2D eigenvalue weighted by molar-refractivity contribution is 7.89. The van der Waals surface area contributed by atoms with Crippen LogP contribution >= 0.6 is 12.4 Å². The quantitative estimate of drug-likeness (QED) is 0.811. The van der Waals surface area contributed by atoms with Crippen molar-refractivity contribution in [1.29, 1.82) is 0 Å². The van der Waals surface area contributed by atoms with Gasteiger partial charge in [-0.15, -0.1) is 12.4 Å².